The SMILES string of the molecule is FC(F)COc1ccncc1Br. The molecule has 0 unspecified atom stereocenters. The van der Waals surface area contributed by atoms with E-state index in [1.165, 1.54) is 18.5 Å². The molecule has 0 fully saturated rings. The monoisotopic (exact) mass is 237 g/mol. The minimum atomic E-state index is -2.45. The average Bonchev–Trinajstić information content (AvgIpc) is 2.03. The second-order valence-electron chi connectivity index (χ2n) is 2.01. The van der Waals surface area contributed by atoms with E-state index in [-0.39, 0.29) is 0 Å². The lowest BCUT2D eigenvalue weighted by Crippen LogP contribution is -2.07. The molecule has 0 aliphatic rings. The van der Waals surface area contributed by atoms with E-state index in [9.17, 15) is 8.78 Å². The lowest BCUT2D eigenvalue weighted by atomic mass is 10.4. The van der Waals surface area contributed by atoms with Gasteiger partial charge in [-0.05, 0) is 22.0 Å². The molecule has 0 bridgehead atoms. The van der Waals surface area contributed by atoms with Gasteiger partial charge in [0.25, 0.3) is 6.43 Å². The number of aromatic nitrogens is 1. The summed E-state index contributed by atoms with van der Waals surface area (Å²) < 4.78 is 28.7. The molecule has 0 N–H and O–H groups in total. The summed E-state index contributed by atoms with van der Waals surface area (Å²) in [5, 5.41) is 0. The van der Waals surface area contributed by atoms with Gasteiger partial charge in [-0.25, -0.2) is 8.78 Å². The third-order valence-corrected chi connectivity index (χ3v) is 1.70. The van der Waals surface area contributed by atoms with E-state index in [0.717, 1.165) is 0 Å². The van der Waals surface area contributed by atoms with E-state index < -0.39 is 13.0 Å². The van der Waals surface area contributed by atoms with Crippen molar-refractivity contribution in [3.05, 3.63) is 22.9 Å². The molecule has 0 atom stereocenters. The fourth-order valence-corrected chi connectivity index (χ4v) is 0.997. The van der Waals surface area contributed by atoms with E-state index in [1.54, 1.807) is 0 Å². The summed E-state index contributed by atoms with van der Waals surface area (Å²) in [5.74, 6) is 0.380. The topological polar surface area (TPSA) is 22.1 Å². The minimum absolute atomic E-state index is 0.380. The summed E-state index contributed by atoms with van der Waals surface area (Å²) in [7, 11) is 0. The Morgan fingerprint density at radius 1 is 1.58 bits per heavy atom. The number of halogens is 3. The summed E-state index contributed by atoms with van der Waals surface area (Å²) in [5.41, 5.74) is 0. The predicted octanol–water partition coefficient (Wildman–Crippen LogP) is 2.49. The maximum absolute atomic E-state index is 11.7. The third kappa shape index (κ3) is 2.73. The Labute approximate surface area is 76.7 Å². The molecule has 0 radical (unpaired) electrons. The van der Waals surface area contributed by atoms with E-state index in [0.29, 0.717) is 10.2 Å². The van der Waals surface area contributed by atoms with E-state index in [2.05, 4.69) is 20.9 Å². The third-order valence-electron chi connectivity index (χ3n) is 1.10. The Kier molecular flexibility index (Phi) is 3.40. The fraction of sp³-hybridized carbons (Fsp3) is 0.286. The zero-order chi connectivity index (χ0) is 8.97. The maximum Gasteiger partial charge on any atom is 0.272 e. The first-order valence-corrected chi connectivity index (χ1v) is 4.00. The van der Waals surface area contributed by atoms with Crippen molar-refractivity contribution in [1.29, 1.82) is 0 Å². The summed E-state index contributed by atoms with van der Waals surface area (Å²) in [6, 6.07) is 1.52. The number of alkyl halides is 2. The minimum Gasteiger partial charge on any atom is -0.486 e. The van der Waals surface area contributed by atoms with Crippen molar-refractivity contribution in [3.8, 4) is 5.75 Å². The van der Waals surface area contributed by atoms with Crippen LogP contribution in [0.2, 0.25) is 0 Å². The van der Waals surface area contributed by atoms with E-state index in [1.807, 2.05) is 0 Å². The molecule has 0 amide bonds. The van der Waals surface area contributed by atoms with Crippen LogP contribution in [0.15, 0.2) is 22.9 Å². The van der Waals surface area contributed by atoms with Gasteiger partial charge in [-0.15, -0.1) is 0 Å². The Balaban J connectivity index is 2.57. The Morgan fingerprint density at radius 3 is 2.92 bits per heavy atom. The first kappa shape index (κ1) is 9.38. The Morgan fingerprint density at radius 2 is 2.33 bits per heavy atom. The molecule has 1 heterocycles. The van der Waals surface area contributed by atoms with Gasteiger partial charge in [0.05, 0.1) is 4.47 Å². The molecule has 0 saturated heterocycles. The lowest BCUT2D eigenvalue weighted by Gasteiger charge is -2.05. The van der Waals surface area contributed by atoms with E-state index >= 15 is 0 Å². The van der Waals surface area contributed by atoms with Crippen LogP contribution < -0.4 is 4.74 Å². The molecule has 12 heavy (non-hydrogen) atoms. The van der Waals surface area contributed by atoms with Crippen LogP contribution in [0, 0.1) is 0 Å². The van der Waals surface area contributed by atoms with Crippen molar-refractivity contribution in [2.75, 3.05) is 6.61 Å². The van der Waals surface area contributed by atoms with Gasteiger partial charge in [0.1, 0.15) is 12.4 Å². The van der Waals surface area contributed by atoms with Crippen molar-refractivity contribution in [2.45, 2.75) is 6.43 Å². The molecule has 0 aliphatic carbocycles. The van der Waals surface area contributed by atoms with Crippen LogP contribution in [0.5, 0.6) is 5.75 Å². The second-order valence-corrected chi connectivity index (χ2v) is 2.86. The molecular weight excluding hydrogens is 232 g/mol. The Hall–Kier alpha value is -0.710. The molecule has 0 aliphatic heterocycles. The number of hydrogen-bond acceptors (Lipinski definition) is 2. The summed E-state index contributed by atoms with van der Waals surface area (Å²) >= 11 is 3.11. The molecule has 1 aromatic rings. The molecule has 1 rings (SSSR count). The van der Waals surface area contributed by atoms with Crippen LogP contribution in [0.25, 0.3) is 0 Å². The van der Waals surface area contributed by atoms with Crippen LogP contribution in [-0.2, 0) is 0 Å². The van der Waals surface area contributed by atoms with Crippen LogP contribution in [0.3, 0.4) is 0 Å². The van der Waals surface area contributed by atoms with Gasteiger partial charge < -0.3 is 4.74 Å². The number of ether oxygens (including phenoxy) is 1. The van der Waals surface area contributed by atoms with Crippen molar-refractivity contribution in [2.24, 2.45) is 0 Å². The fourth-order valence-electron chi connectivity index (χ4n) is 0.632. The van der Waals surface area contributed by atoms with Crippen molar-refractivity contribution >= 4 is 15.9 Å². The molecule has 0 spiro atoms. The number of hydrogen-bond donors (Lipinski definition) is 0. The Bertz CT molecular complexity index is 257. The van der Waals surface area contributed by atoms with Crippen LogP contribution in [0.1, 0.15) is 0 Å². The highest BCUT2D eigenvalue weighted by molar-refractivity contribution is 9.10. The van der Waals surface area contributed by atoms with E-state index in [4.69, 9.17) is 4.74 Å². The van der Waals surface area contributed by atoms with Crippen molar-refractivity contribution in [3.63, 3.8) is 0 Å². The molecular formula is C7H6BrF2NO. The summed E-state index contributed by atoms with van der Waals surface area (Å²) in [6.45, 7) is -0.595. The molecule has 0 saturated carbocycles. The number of rotatable bonds is 3. The first-order chi connectivity index (χ1) is 5.70. The largest absolute Gasteiger partial charge is 0.486 e. The quantitative estimate of drug-likeness (QED) is 0.806. The molecule has 66 valence electrons. The molecule has 1 aromatic heterocycles. The highest BCUT2D eigenvalue weighted by Gasteiger charge is 2.05. The van der Waals surface area contributed by atoms with Gasteiger partial charge in [0.15, 0.2) is 0 Å². The maximum atomic E-state index is 11.7. The number of nitrogens with zero attached hydrogens (tertiary/aromatic N) is 1. The first-order valence-electron chi connectivity index (χ1n) is 3.20. The zero-order valence-electron chi connectivity index (χ0n) is 6.01. The van der Waals surface area contributed by atoms with Crippen molar-refractivity contribution < 1.29 is 13.5 Å². The zero-order valence-corrected chi connectivity index (χ0v) is 7.59. The highest BCUT2D eigenvalue weighted by atomic mass is 79.9. The van der Waals surface area contributed by atoms with Crippen LogP contribution in [0.4, 0.5) is 8.78 Å². The lowest BCUT2D eigenvalue weighted by molar-refractivity contribution is 0.0815. The second kappa shape index (κ2) is 4.35. The van der Waals surface area contributed by atoms with Gasteiger partial charge in [-0.2, -0.15) is 0 Å². The summed E-state index contributed by atoms with van der Waals surface area (Å²) in [6.07, 6.45) is 0.511. The van der Waals surface area contributed by atoms with Gasteiger partial charge in [-0.3, -0.25) is 4.98 Å². The normalized spacial score (nSPS) is 10.3. The smallest absolute Gasteiger partial charge is 0.272 e. The van der Waals surface area contributed by atoms with Gasteiger partial charge in [-0.1, -0.05) is 0 Å². The van der Waals surface area contributed by atoms with Gasteiger partial charge >= 0.3 is 0 Å². The van der Waals surface area contributed by atoms with Gasteiger partial charge in [0.2, 0.25) is 0 Å². The molecule has 0 aromatic carbocycles. The number of pyridine rings is 1. The standard InChI is InChI=1S/C7H6BrF2NO/c8-5-3-11-2-1-6(5)12-4-7(9)10/h1-3,7H,4H2. The average molecular weight is 238 g/mol. The van der Waals surface area contributed by atoms with Crippen LogP contribution >= 0.6 is 15.9 Å². The molecule has 5 heteroatoms. The van der Waals surface area contributed by atoms with Crippen molar-refractivity contribution in [1.82, 2.24) is 4.98 Å². The highest BCUT2D eigenvalue weighted by Crippen LogP contribution is 2.22. The molecule has 2 nitrogen and oxygen atoms in total. The van der Waals surface area contributed by atoms with Crippen LogP contribution in [-0.4, -0.2) is 18.0 Å². The predicted molar refractivity (Wildman–Crippen MR) is 43.4 cm³/mol. The van der Waals surface area contributed by atoms with Gasteiger partial charge in [0, 0.05) is 12.4 Å². The summed E-state index contributed by atoms with van der Waals surface area (Å²) in [4.78, 5) is 3.76.